The van der Waals surface area contributed by atoms with Crippen molar-refractivity contribution < 1.29 is 19.2 Å². The van der Waals surface area contributed by atoms with E-state index in [1.54, 1.807) is 55.6 Å². The summed E-state index contributed by atoms with van der Waals surface area (Å²) < 4.78 is 0. The summed E-state index contributed by atoms with van der Waals surface area (Å²) in [5.41, 5.74) is 2.73. The van der Waals surface area contributed by atoms with Crippen LogP contribution in [0.1, 0.15) is 31.8 Å². The van der Waals surface area contributed by atoms with E-state index in [1.807, 2.05) is 30.3 Å². The van der Waals surface area contributed by atoms with E-state index in [0.29, 0.717) is 16.8 Å². The lowest BCUT2D eigenvalue weighted by Gasteiger charge is -2.25. The van der Waals surface area contributed by atoms with E-state index >= 15 is 0 Å². The molecule has 1 aliphatic heterocycles. The molecule has 4 rings (SSSR count). The molecule has 0 aromatic heterocycles. The summed E-state index contributed by atoms with van der Waals surface area (Å²) in [7, 11) is 1.57. The maximum Gasteiger partial charge on any atom is 0.262 e. The van der Waals surface area contributed by atoms with Gasteiger partial charge in [-0.05, 0) is 35.4 Å². The van der Waals surface area contributed by atoms with E-state index in [2.05, 4.69) is 10.6 Å². The van der Waals surface area contributed by atoms with E-state index in [4.69, 9.17) is 0 Å². The van der Waals surface area contributed by atoms with Crippen LogP contribution in [0, 0.1) is 0 Å². The number of fused-ring (bicyclic) bond motifs is 1. The van der Waals surface area contributed by atoms with Gasteiger partial charge in [-0.25, -0.2) is 0 Å². The smallest absolute Gasteiger partial charge is 0.262 e. The number of hydrogen-bond acceptors (Lipinski definition) is 4. The fourth-order valence-corrected chi connectivity index (χ4v) is 3.83. The van der Waals surface area contributed by atoms with Gasteiger partial charge in [-0.3, -0.25) is 24.1 Å². The van der Waals surface area contributed by atoms with Gasteiger partial charge in [-0.15, -0.1) is 0 Å². The summed E-state index contributed by atoms with van der Waals surface area (Å²) >= 11 is 0. The van der Waals surface area contributed by atoms with Gasteiger partial charge in [0.1, 0.15) is 6.04 Å². The Labute approximate surface area is 191 Å². The molecule has 7 nitrogen and oxygen atoms in total. The first-order chi connectivity index (χ1) is 16.0. The van der Waals surface area contributed by atoms with Crippen molar-refractivity contribution >= 4 is 29.3 Å². The van der Waals surface area contributed by atoms with Gasteiger partial charge in [0.15, 0.2) is 0 Å². The van der Waals surface area contributed by atoms with Gasteiger partial charge in [0, 0.05) is 19.2 Å². The number of amides is 4. The summed E-state index contributed by atoms with van der Waals surface area (Å²) in [4.78, 5) is 52.1. The maximum atomic E-state index is 13.3. The van der Waals surface area contributed by atoms with E-state index in [0.717, 1.165) is 16.0 Å². The molecule has 0 saturated heterocycles. The monoisotopic (exact) mass is 441 g/mol. The molecule has 0 bridgehead atoms. The second kappa shape index (κ2) is 9.48. The minimum atomic E-state index is -1.02. The lowest BCUT2D eigenvalue weighted by molar-refractivity contribution is -0.120. The number of carbonyl (C=O) groups excluding carboxylic acids is 4. The minimum absolute atomic E-state index is 0.111. The molecule has 0 fully saturated rings. The molecule has 1 heterocycles. The Morgan fingerprint density at radius 2 is 1.36 bits per heavy atom. The van der Waals surface area contributed by atoms with Gasteiger partial charge in [-0.1, -0.05) is 54.6 Å². The van der Waals surface area contributed by atoms with Crippen LogP contribution in [0.25, 0.3) is 0 Å². The van der Waals surface area contributed by atoms with Crippen molar-refractivity contribution in [2.24, 2.45) is 0 Å². The fourth-order valence-electron chi connectivity index (χ4n) is 3.83. The topological polar surface area (TPSA) is 95.6 Å². The molecule has 0 spiro atoms. The zero-order valence-electron chi connectivity index (χ0n) is 18.1. The zero-order chi connectivity index (χ0) is 23.4. The van der Waals surface area contributed by atoms with Gasteiger partial charge in [0.25, 0.3) is 11.8 Å². The molecular weight excluding hydrogens is 418 g/mol. The molecule has 2 N–H and O–H groups in total. The molecule has 166 valence electrons. The fraction of sp³-hybridized carbons (Fsp3) is 0.154. The molecule has 0 radical (unpaired) electrons. The average Bonchev–Trinajstić information content (AvgIpc) is 3.09. The second-order valence-electron chi connectivity index (χ2n) is 7.77. The van der Waals surface area contributed by atoms with Gasteiger partial charge in [0.05, 0.1) is 17.5 Å². The Balaban J connectivity index is 1.59. The Kier molecular flexibility index (Phi) is 6.31. The van der Waals surface area contributed by atoms with E-state index in [9.17, 15) is 19.2 Å². The number of anilines is 1. The van der Waals surface area contributed by atoms with Crippen LogP contribution in [0.3, 0.4) is 0 Å². The summed E-state index contributed by atoms with van der Waals surface area (Å²) in [6.07, 6.45) is 0.420. The van der Waals surface area contributed by atoms with E-state index in [1.165, 1.54) is 0 Å². The number of hydrogen-bond donors (Lipinski definition) is 2. The first-order valence-corrected chi connectivity index (χ1v) is 10.6. The van der Waals surface area contributed by atoms with Gasteiger partial charge < -0.3 is 10.6 Å². The maximum absolute atomic E-state index is 13.3. The first kappa shape index (κ1) is 22.0. The first-order valence-electron chi connectivity index (χ1n) is 10.6. The standard InChI is InChI=1S/C26H23N3O4/c1-27-23(30)16-18-11-13-19(14-12-18)28-24(31)22(15-17-7-3-2-4-8-17)29-25(32)20-9-5-6-10-21(20)26(29)33/h2-14,22H,15-16H2,1H3,(H,27,30)(H,28,31). The normalized spacial score (nSPS) is 13.4. The van der Waals surface area contributed by atoms with Crippen LogP contribution >= 0.6 is 0 Å². The molecule has 0 aliphatic carbocycles. The molecule has 1 atom stereocenters. The molecule has 1 aliphatic rings. The lowest BCUT2D eigenvalue weighted by Crippen LogP contribution is -2.48. The summed E-state index contributed by atoms with van der Waals surface area (Å²) in [6, 6.07) is 21.7. The summed E-state index contributed by atoms with van der Waals surface area (Å²) in [5, 5.41) is 5.38. The van der Waals surface area contributed by atoms with Crippen LogP contribution in [-0.4, -0.2) is 41.6 Å². The quantitative estimate of drug-likeness (QED) is 0.551. The van der Waals surface area contributed by atoms with Crippen molar-refractivity contribution in [1.82, 2.24) is 10.2 Å². The molecule has 3 aromatic carbocycles. The summed E-state index contributed by atoms with van der Waals surface area (Å²) in [6.45, 7) is 0. The van der Waals surface area contributed by atoms with Gasteiger partial charge in [-0.2, -0.15) is 0 Å². The molecule has 4 amide bonds. The number of nitrogens with one attached hydrogen (secondary N) is 2. The number of imide groups is 1. The highest BCUT2D eigenvalue weighted by Gasteiger charge is 2.42. The number of likely N-dealkylation sites (N-methyl/N-ethyl adjacent to an activating group) is 1. The van der Waals surface area contributed by atoms with Gasteiger partial charge in [0.2, 0.25) is 11.8 Å². The average molecular weight is 441 g/mol. The predicted molar refractivity (Wildman–Crippen MR) is 124 cm³/mol. The predicted octanol–water partition coefficient (Wildman–Crippen LogP) is 2.82. The van der Waals surface area contributed by atoms with E-state index in [-0.39, 0.29) is 18.7 Å². The molecule has 0 saturated carbocycles. The van der Waals surface area contributed by atoms with Crippen molar-refractivity contribution in [3.05, 3.63) is 101 Å². The number of carbonyl (C=O) groups is 4. The number of nitrogens with zero attached hydrogens (tertiary/aromatic N) is 1. The van der Waals surface area contributed by atoms with Crippen LogP contribution in [0.4, 0.5) is 5.69 Å². The Morgan fingerprint density at radius 3 is 1.94 bits per heavy atom. The molecular formula is C26H23N3O4. The van der Waals surface area contributed by atoms with Crippen LogP contribution in [0.15, 0.2) is 78.9 Å². The number of rotatable bonds is 7. The van der Waals surface area contributed by atoms with Crippen LogP contribution in [0.5, 0.6) is 0 Å². The third-order valence-electron chi connectivity index (χ3n) is 5.58. The van der Waals surface area contributed by atoms with E-state index < -0.39 is 23.8 Å². The second-order valence-corrected chi connectivity index (χ2v) is 7.77. The molecule has 33 heavy (non-hydrogen) atoms. The molecule has 7 heteroatoms. The van der Waals surface area contributed by atoms with Crippen LogP contribution in [0.2, 0.25) is 0 Å². The number of benzene rings is 3. The molecule has 3 aromatic rings. The van der Waals surface area contributed by atoms with Crippen LogP contribution in [-0.2, 0) is 22.4 Å². The van der Waals surface area contributed by atoms with Crippen molar-refractivity contribution in [3.8, 4) is 0 Å². The lowest BCUT2D eigenvalue weighted by atomic mass is 10.0. The zero-order valence-corrected chi connectivity index (χ0v) is 18.1. The largest absolute Gasteiger partial charge is 0.359 e. The Morgan fingerprint density at radius 1 is 0.788 bits per heavy atom. The third-order valence-corrected chi connectivity index (χ3v) is 5.58. The van der Waals surface area contributed by atoms with Crippen molar-refractivity contribution in [2.75, 3.05) is 12.4 Å². The summed E-state index contributed by atoms with van der Waals surface area (Å²) in [5.74, 6) is -1.53. The van der Waals surface area contributed by atoms with Crippen molar-refractivity contribution in [1.29, 1.82) is 0 Å². The SMILES string of the molecule is CNC(=O)Cc1ccc(NC(=O)C(Cc2ccccc2)N2C(=O)c3ccccc3C2=O)cc1. The van der Waals surface area contributed by atoms with Gasteiger partial charge >= 0.3 is 0 Å². The van der Waals surface area contributed by atoms with Crippen molar-refractivity contribution in [3.63, 3.8) is 0 Å². The Hall–Kier alpha value is -4.26. The minimum Gasteiger partial charge on any atom is -0.359 e. The highest BCUT2D eigenvalue weighted by molar-refractivity contribution is 6.23. The third kappa shape index (κ3) is 4.67. The van der Waals surface area contributed by atoms with Crippen LogP contribution < -0.4 is 10.6 Å². The van der Waals surface area contributed by atoms with Crippen molar-refractivity contribution in [2.45, 2.75) is 18.9 Å². The molecule has 1 unspecified atom stereocenters. The highest BCUT2D eigenvalue weighted by Crippen LogP contribution is 2.26. The Bertz CT molecular complexity index is 1170. The highest BCUT2D eigenvalue weighted by atomic mass is 16.2.